The number of para-hydroxylation sites is 2. The fourth-order valence-corrected chi connectivity index (χ4v) is 4.05. The molecule has 0 bridgehead atoms. The molecular formula is C25H28N4O4. The normalized spacial score (nSPS) is 15.5. The van der Waals surface area contributed by atoms with Crippen LogP contribution in [0.2, 0.25) is 0 Å². The summed E-state index contributed by atoms with van der Waals surface area (Å²) in [7, 11) is 0. The number of aromatic nitrogens is 2. The molecule has 2 amide bonds. The van der Waals surface area contributed by atoms with Gasteiger partial charge in [0.1, 0.15) is 13.1 Å². The first-order valence-electron chi connectivity index (χ1n) is 11.1. The largest absolute Gasteiger partial charge is 0.376 e. The lowest BCUT2D eigenvalue weighted by Crippen LogP contribution is -2.44. The summed E-state index contributed by atoms with van der Waals surface area (Å²) >= 11 is 0. The molecule has 3 aromatic rings. The number of fused-ring (bicyclic) bond motifs is 1. The average Bonchev–Trinajstić information content (AvgIpc) is 3.31. The van der Waals surface area contributed by atoms with Crippen LogP contribution < -0.4 is 10.9 Å². The van der Waals surface area contributed by atoms with E-state index in [9.17, 15) is 14.4 Å². The molecule has 172 valence electrons. The van der Waals surface area contributed by atoms with Crippen LogP contribution in [-0.4, -0.2) is 52.1 Å². The van der Waals surface area contributed by atoms with Crippen LogP contribution in [-0.2, 0) is 20.9 Å². The first-order chi connectivity index (χ1) is 15.9. The number of aryl methyl sites for hydroxylation is 1. The third kappa shape index (κ3) is 5.28. The zero-order valence-corrected chi connectivity index (χ0v) is 18.9. The van der Waals surface area contributed by atoms with E-state index in [0.717, 1.165) is 29.7 Å². The molecule has 0 spiro atoms. The number of ether oxygens (including phenoxy) is 1. The minimum atomic E-state index is -0.362. The number of nitrogens with one attached hydrogen (secondary N) is 1. The van der Waals surface area contributed by atoms with E-state index in [4.69, 9.17) is 4.74 Å². The lowest BCUT2D eigenvalue weighted by Gasteiger charge is -2.26. The fourth-order valence-electron chi connectivity index (χ4n) is 4.05. The molecule has 1 aromatic heterocycles. The van der Waals surface area contributed by atoms with E-state index in [-0.39, 0.29) is 36.6 Å². The van der Waals surface area contributed by atoms with Crippen molar-refractivity contribution in [3.63, 3.8) is 0 Å². The fraction of sp³-hybridized carbons (Fsp3) is 0.360. The van der Waals surface area contributed by atoms with Crippen molar-refractivity contribution in [3.05, 3.63) is 70.1 Å². The summed E-state index contributed by atoms with van der Waals surface area (Å²) in [6.07, 6.45) is 2.86. The second-order valence-electron chi connectivity index (χ2n) is 8.38. The van der Waals surface area contributed by atoms with Gasteiger partial charge in [0.15, 0.2) is 0 Å². The van der Waals surface area contributed by atoms with Crippen LogP contribution in [0.1, 0.15) is 24.0 Å². The predicted octanol–water partition coefficient (Wildman–Crippen LogP) is 2.66. The number of carbonyl (C=O) groups excluding carboxylic acids is 2. The molecule has 0 unspecified atom stereocenters. The van der Waals surface area contributed by atoms with Gasteiger partial charge in [0, 0.05) is 18.8 Å². The molecular weight excluding hydrogens is 420 g/mol. The third-order valence-electron chi connectivity index (χ3n) is 6.06. The lowest BCUT2D eigenvalue weighted by molar-refractivity contribution is -0.136. The van der Waals surface area contributed by atoms with Crippen LogP contribution in [0.25, 0.3) is 11.0 Å². The van der Waals surface area contributed by atoms with Crippen molar-refractivity contribution in [1.29, 1.82) is 0 Å². The van der Waals surface area contributed by atoms with Gasteiger partial charge in [0.05, 0.1) is 23.3 Å². The standard InChI is InChI=1S/C25H28N4O4/c1-17-7-5-10-20(18(17)2)27-23(30)15-28(14-19-8-6-12-33-19)25(32)16-29-22-11-4-3-9-21(22)26-13-24(29)31/h3-5,7,9-11,13,19H,6,8,12,14-16H2,1-2H3,(H,27,30)/t19-/m0/s1. The summed E-state index contributed by atoms with van der Waals surface area (Å²) in [6.45, 7) is 4.58. The van der Waals surface area contributed by atoms with Crippen molar-refractivity contribution in [2.75, 3.05) is 25.0 Å². The topological polar surface area (TPSA) is 93.5 Å². The number of anilines is 1. The number of hydrogen-bond acceptors (Lipinski definition) is 5. The van der Waals surface area contributed by atoms with Crippen molar-refractivity contribution in [2.45, 2.75) is 39.3 Å². The Labute approximate surface area is 192 Å². The summed E-state index contributed by atoms with van der Waals surface area (Å²) in [5.74, 6) is -0.609. The third-order valence-corrected chi connectivity index (χ3v) is 6.06. The molecule has 4 rings (SSSR count). The molecule has 0 aliphatic carbocycles. The van der Waals surface area contributed by atoms with Gasteiger partial charge in [-0.1, -0.05) is 24.3 Å². The van der Waals surface area contributed by atoms with E-state index < -0.39 is 0 Å². The number of carbonyl (C=O) groups is 2. The highest BCUT2D eigenvalue weighted by atomic mass is 16.5. The highest BCUT2D eigenvalue weighted by Crippen LogP contribution is 2.19. The molecule has 2 heterocycles. The maximum atomic E-state index is 13.3. The number of amides is 2. The van der Waals surface area contributed by atoms with Crippen LogP contribution in [0.5, 0.6) is 0 Å². The smallest absolute Gasteiger partial charge is 0.269 e. The Morgan fingerprint density at radius 2 is 2.00 bits per heavy atom. The Kier molecular flexibility index (Phi) is 6.84. The van der Waals surface area contributed by atoms with Gasteiger partial charge in [0.25, 0.3) is 5.56 Å². The second kappa shape index (κ2) is 9.95. The van der Waals surface area contributed by atoms with Gasteiger partial charge in [-0.25, -0.2) is 4.98 Å². The first kappa shape index (κ1) is 22.7. The van der Waals surface area contributed by atoms with Gasteiger partial charge in [-0.15, -0.1) is 0 Å². The van der Waals surface area contributed by atoms with Crippen LogP contribution in [0.3, 0.4) is 0 Å². The Morgan fingerprint density at radius 3 is 2.79 bits per heavy atom. The van der Waals surface area contributed by atoms with Crippen molar-refractivity contribution in [2.24, 2.45) is 0 Å². The maximum absolute atomic E-state index is 13.3. The minimum Gasteiger partial charge on any atom is -0.376 e. The highest BCUT2D eigenvalue weighted by molar-refractivity contribution is 5.95. The second-order valence-corrected chi connectivity index (χ2v) is 8.38. The van der Waals surface area contributed by atoms with Crippen LogP contribution in [0.15, 0.2) is 53.5 Å². The van der Waals surface area contributed by atoms with Crippen molar-refractivity contribution < 1.29 is 14.3 Å². The van der Waals surface area contributed by atoms with Crippen molar-refractivity contribution in [3.8, 4) is 0 Å². The van der Waals surface area contributed by atoms with Gasteiger partial charge in [-0.2, -0.15) is 0 Å². The Morgan fingerprint density at radius 1 is 1.18 bits per heavy atom. The molecule has 1 aliphatic heterocycles. The SMILES string of the molecule is Cc1cccc(NC(=O)CN(C[C@@H]2CCCO2)C(=O)Cn2c(=O)cnc3ccccc32)c1C. The summed E-state index contributed by atoms with van der Waals surface area (Å²) < 4.78 is 7.11. The zero-order chi connectivity index (χ0) is 23.4. The summed E-state index contributed by atoms with van der Waals surface area (Å²) in [6, 6.07) is 12.9. The number of benzene rings is 2. The number of nitrogens with zero attached hydrogens (tertiary/aromatic N) is 3. The summed E-state index contributed by atoms with van der Waals surface area (Å²) in [5, 5.41) is 2.91. The number of hydrogen-bond donors (Lipinski definition) is 1. The van der Waals surface area contributed by atoms with E-state index >= 15 is 0 Å². The summed E-state index contributed by atoms with van der Waals surface area (Å²) in [4.78, 5) is 44.3. The Balaban J connectivity index is 1.54. The van der Waals surface area contributed by atoms with E-state index in [1.807, 2.05) is 38.1 Å². The van der Waals surface area contributed by atoms with Gasteiger partial charge >= 0.3 is 0 Å². The zero-order valence-electron chi connectivity index (χ0n) is 18.9. The predicted molar refractivity (Wildman–Crippen MR) is 126 cm³/mol. The molecule has 1 atom stereocenters. The lowest BCUT2D eigenvalue weighted by atomic mass is 10.1. The van der Waals surface area contributed by atoms with E-state index in [0.29, 0.717) is 24.2 Å². The van der Waals surface area contributed by atoms with Gasteiger partial charge < -0.3 is 15.0 Å². The molecule has 1 aliphatic rings. The molecule has 8 heteroatoms. The molecule has 8 nitrogen and oxygen atoms in total. The summed E-state index contributed by atoms with van der Waals surface area (Å²) in [5.41, 5.74) is 3.63. The van der Waals surface area contributed by atoms with Crippen molar-refractivity contribution in [1.82, 2.24) is 14.5 Å². The molecule has 33 heavy (non-hydrogen) atoms. The Bertz CT molecular complexity index is 1230. The van der Waals surface area contributed by atoms with E-state index in [2.05, 4.69) is 10.3 Å². The van der Waals surface area contributed by atoms with Gasteiger partial charge in [-0.05, 0) is 56.0 Å². The van der Waals surface area contributed by atoms with Crippen LogP contribution >= 0.6 is 0 Å². The molecule has 1 saturated heterocycles. The minimum absolute atomic E-state index is 0.117. The molecule has 0 radical (unpaired) electrons. The van der Waals surface area contributed by atoms with E-state index in [1.54, 1.807) is 18.2 Å². The van der Waals surface area contributed by atoms with Crippen molar-refractivity contribution >= 4 is 28.5 Å². The average molecular weight is 449 g/mol. The highest BCUT2D eigenvalue weighted by Gasteiger charge is 2.25. The first-order valence-corrected chi connectivity index (χ1v) is 11.1. The van der Waals surface area contributed by atoms with E-state index in [1.165, 1.54) is 15.7 Å². The molecule has 1 fully saturated rings. The molecule has 1 N–H and O–H groups in total. The van der Waals surface area contributed by atoms with Crippen LogP contribution in [0.4, 0.5) is 5.69 Å². The monoisotopic (exact) mass is 448 g/mol. The Hall–Kier alpha value is -3.52. The van der Waals surface area contributed by atoms with Gasteiger partial charge in [-0.3, -0.25) is 19.0 Å². The van der Waals surface area contributed by atoms with Gasteiger partial charge in [0.2, 0.25) is 11.8 Å². The molecule has 2 aromatic carbocycles. The van der Waals surface area contributed by atoms with Crippen LogP contribution in [0, 0.1) is 13.8 Å². The quantitative estimate of drug-likeness (QED) is 0.600. The maximum Gasteiger partial charge on any atom is 0.269 e. The number of rotatable bonds is 7. The molecule has 0 saturated carbocycles.